The van der Waals surface area contributed by atoms with Gasteiger partial charge in [0.25, 0.3) is 0 Å². The van der Waals surface area contributed by atoms with Crippen LogP contribution in [0.5, 0.6) is 0 Å². The molecule has 0 unspecified atom stereocenters. The molecule has 0 aromatic carbocycles. The summed E-state index contributed by atoms with van der Waals surface area (Å²) >= 11 is 0. The summed E-state index contributed by atoms with van der Waals surface area (Å²) in [6.45, 7) is -0.800. The summed E-state index contributed by atoms with van der Waals surface area (Å²) in [5, 5.41) is 14.3. The number of nitrogens with one attached hydrogen (secondary N) is 2. The summed E-state index contributed by atoms with van der Waals surface area (Å²) in [5.74, 6) is 0.333. The van der Waals surface area contributed by atoms with Crippen LogP contribution in [0.1, 0.15) is 5.56 Å². The molecule has 0 saturated heterocycles. The van der Waals surface area contributed by atoms with Crippen LogP contribution in [0.15, 0.2) is 54.3 Å². The second kappa shape index (κ2) is 7.30. The van der Waals surface area contributed by atoms with Gasteiger partial charge in [-0.3, -0.25) is 4.68 Å². The lowest BCUT2D eigenvalue weighted by Crippen LogP contribution is -2.17. The summed E-state index contributed by atoms with van der Waals surface area (Å²) in [4.78, 5) is 8.47. The van der Waals surface area contributed by atoms with Gasteiger partial charge in [-0.15, -0.1) is 0 Å². The lowest BCUT2D eigenvalue weighted by molar-refractivity contribution is -0.142. The number of pyridine rings is 2. The quantitative estimate of drug-likeness (QED) is 0.477. The summed E-state index contributed by atoms with van der Waals surface area (Å²) < 4.78 is 40.0. The van der Waals surface area contributed by atoms with Crippen LogP contribution < -0.4 is 5.32 Å². The molecule has 0 bridgehead atoms. The lowest BCUT2D eigenvalue weighted by Gasteiger charge is -2.09. The maximum absolute atomic E-state index is 12.5. The first kappa shape index (κ1) is 18.5. The zero-order valence-electron chi connectivity index (χ0n) is 14.8. The predicted octanol–water partition coefficient (Wildman–Crippen LogP) is 3.82. The molecule has 0 spiro atoms. The van der Waals surface area contributed by atoms with Gasteiger partial charge < -0.3 is 5.32 Å². The van der Waals surface area contributed by atoms with Gasteiger partial charge >= 0.3 is 6.18 Å². The van der Waals surface area contributed by atoms with Crippen molar-refractivity contribution in [1.29, 1.82) is 5.53 Å². The Hall–Kier alpha value is -3.83. The molecule has 12 heteroatoms. The molecular formula is C17H14F3N9. The first-order valence-corrected chi connectivity index (χ1v) is 8.41. The van der Waals surface area contributed by atoms with Crippen LogP contribution in [0.3, 0.4) is 0 Å². The zero-order chi connectivity index (χ0) is 20.4. The number of hydrogen-bond acceptors (Lipinski definition) is 7. The van der Waals surface area contributed by atoms with Crippen molar-refractivity contribution in [3.8, 4) is 11.3 Å². The Morgan fingerprint density at radius 3 is 2.76 bits per heavy atom. The third-order valence-corrected chi connectivity index (χ3v) is 4.06. The van der Waals surface area contributed by atoms with Crippen molar-refractivity contribution in [3.05, 3.63) is 54.7 Å². The normalized spacial score (nSPS) is 11.7. The van der Waals surface area contributed by atoms with Gasteiger partial charge in [0.2, 0.25) is 0 Å². The summed E-state index contributed by atoms with van der Waals surface area (Å²) in [5.41, 5.74) is 10.1. The van der Waals surface area contributed by atoms with E-state index < -0.39 is 12.7 Å². The maximum Gasteiger partial charge on any atom is 0.408 e. The number of rotatable bonds is 6. The van der Waals surface area contributed by atoms with Crippen molar-refractivity contribution >= 4 is 17.2 Å². The second-order valence-corrected chi connectivity index (χ2v) is 6.17. The van der Waals surface area contributed by atoms with Gasteiger partial charge in [0.05, 0.1) is 11.9 Å². The monoisotopic (exact) mass is 401 g/mol. The highest BCUT2D eigenvalue weighted by molar-refractivity contribution is 5.67. The molecule has 148 valence electrons. The Labute approximate surface area is 161 Å². The third-order valence-electron chi connectivity index (χ3n) is 4.06. The largest absolute Gasteiger partial charge is 0.408 e. The molecule has 0 atom stereocenters. The van der Waals surface area contributed by atoms with Crippen LogP contribution in [0.4, 0.5) is 24.7 Å². The van der Waals surface area contributed by atoms with E-state index in [4.69, 9.17) is 5.53 Å². The molecule has 4 rings (SSSR count). The molecule has 4 heterocycles. The lowest BCUT2D eigenvalue weighted by atomic mass is 10.2. The number of halogens is 3. The standard InChI is InChI=1S/C17H14F3N9/c18-17(19,20)9-28-8-12(6-24-28)13-2-3-14(27-21)16(26-13)22-5-11-1-4-15-23-10-25-29(15)7-11/h1-4,6-8,10,21H,5,9H2,(H,22,26). The Kier molecular flexibility index (Phi) is 4.66. The average molecular weight is 401 g/mol. The number of alkyl halides is 3. The molecular weight excluding hydrogens is 387 g/mol. The molecule has 2 N–H and O–H groups in total. The fraction of sp³-hybridized carbons (Fsp3) is 0.176. The zero-order valence-corrected chi connectivity index (χ0v) is 14.8. The van der Waals surface area contributed by atoms with Crippen molar-refractivity contribution < 1.29 is 13.2 Å². The first-order chi connectivity index (χ1) is 13.9. The van der Waals surface area contributed by atoms with E-state index in [1.54, 1.807) is 22.8 Å². The van der Waals surface area contributed by atoms with Gasteiger partial charge in [-0.2, -0.15) is 28.5 Å². The first-order valence-electron chi connectivity index (χ1n) is 8.41. The predicted molar refractivity (Wildman–Crippen MR) is 96.6 cm³/mol. The Bertz CT molecular complexity index is 1160. The summed E-state index contributed by atoms with van der Waals surface area (Å²) in [6.07, 6.45) is 1.48. The van der Waals surface area contributed by atoms with E-state index in [1.807, 2.05) is 12.1 Å². The van der Waals surface area contributed by atoms with E-state index >= 15 is 0 Å². The molecule has 0 aliphatic heterocycles. The molecule has 0 fully saturated rings. The Balaban J connectivity index is 1.55. The number of anilines is 1. The average Bonchev–Trinajstić information content (AvgIpc) is 3.33. The van der Waals surface area contributed by atoms with E-state index in [0.717, 1.165) is 10.2 Å². The molecule has 0 aliphatic carbocycles. The van der Waals surface area contributed by atoms with E-state index in [-0.39, 0.29) is 0 Å². The number of hydrogen-bond donors (Lipinski definition) is 2. The second-order valence-electron chi connectivity index (χ2n) is 6.17. The molecule has 29 heavy (non-hydrogen) atoms. The van der Waals surface area contributed by atoms with E-state index in [0.29, 0.717) is 35.0 Å². The summed E-state index contributed by atoms with van der Waals surface area (Å²) in [6, 6.07) is 6.84. The van der Waals surface area contributed by atoms with Crippen molar-refractivity contribution in [2.45, 2.75) is 19.3 Å². The van der Waals surface area contributed by atoms with Crippen LogP contribution in [0.25, 0.3) is 16.9 Å². The maximum atomic E-state index is 12.5. The van der Waals surface area contributed by atoms with Crippen molar-refractivity contribution in [3.63, 3.8) is 0 Å². The number of nitrogens with zero attached hydrogens (tertiary/aromatic N) is 7. The fourth-order valence-electron chi connectivity index (χ4n) is 2.75. The van der Waals surface area contributed by atoms with Crippen LogP contribution >= 0.6 is 0 Å². The van der Waals surface area contributed by atoms with Crippen LogP contribution in [0.2, 0.25) is 0 Å². The topological polar surface area (TPSA) is 109 Å². The van der Waals surface area contributed by atoms with E-state index in [1.165, 1.54) is 18.7 Å². The SMILES string of the molecule is N=Nc1ccc(-c2cnn(CC(F)(F)F)c2)nc1NCc1ccc2ncnn2c1. The molecule has 4 aromatic rings. The molecule has 4 aromatic heterocycles. The minimum atomic E-state index is -4.36. The van der Waals surface area contributed by atoms with Crippen LogP contribution in [0, 0.1) is 5.53 Å². The van der Waals surface area contributed by atoms with E-state index in [2.05, 4.69) is 30.6 Å². The van der Waals surface area contributed by atoms with Crippen LogP contribution in [-0.4, -0.2) is 35.5 Å². The highest BCUT2D eigenvalue weighted by atomic mass is 19.4. The van der Waals surface area contributed by atoms with Gasteiger partial charge in [0, 0.05) is 24.5 Å². The third kappa shape index (κ3) is 4.20. The van der Waals surface area contributed by atoms with Gasteiger partial charge in [0.15, 0.2) is 11.5 Å². The van der Waals surface area contributed by atoms with Gasteiger partial charge in [0.1, 0.15) is 18.6 Å². The smallest absolute Gasteiger partial charge is 0.364 e. The van der Waals surface area contributed by atoms with Crippen molar-refractivity contribution in [2.75, 3.05) is 5.32 Å². The minimum absolute atomic E-state index is 0.304. The molecule has 0 saturated carbocycles. The summed E-state index contributed by atoms with van der Waals surface area (Å²) in [7, 11) is 0. The molecule has 9 nitrogen and oxygen atoms in total. The molecule has 0 aliphatic rings. The fourth-order valence-corrected chi connectivity index (χ4v) is 2.75. The number of fused-ring (bicyclic) bond motifs is 1. The molecule has 0 radical (unpaired) electrons. The van der Waals surface area contributed by atoms with Crippen molar-refractivity contribution in [1.82, 2.24) is 29.4 Å². The Morgan fingerprint density at radius 2 is 1.97 bits per heavy atom. The van der Waals surface area contributed by atoms with E-state index in [9.17, 15) is 13.2 Å². The molecule has 0 amide bonds. The minimum Gasteiger partial charge on any atom is -0.364 e. The van der Waals surface area contributed by atoms with Crippen molar-refractivity contribution in [2.24, 2.45) is 5.11 Å². The van der Waals surface area contributed by atoms with Gasteiger partial charge in [-0.1, -0.05) is 6.07 Å². The Morgan fingerprint density at radius 1 is 1.10 bits per heavy atom. The van der Waals surface area contributed by atoms with Gasteiger partial charge in [-0.05, 0) is 23.8 Å². The van der Waals surface area contributed by atoms with Crippen LogP contribution in [-0.2, 0) is 13.1 Å². The highest BCUT2D eigenvalue weighted by Gasteiger charge is 2.28. The van der Waals surface area contributed by atoms with Gasteiger partial charge in [-0.25, -0.2) is 20.0 Å². The highest BCUT2D eigenvalue weighted by Crippen LogP contribution is 2.28. The number of aromatic nitrogens is 6.